The summed E-state index contributed by atoms with van der Waals surface area (Å²) < 4.78 is 4.85. The normalized spacial score (nSPS) is 11.0. The molecule has 2 aromatic heterocycles. The van der Waals surface area contributed by atoms with Crippen LogP contribution in [0.4, 0.5) is 5.69 Å². The van der Waals surface area contributed by atoms with E-state index in [-0.39, 0.29) is 35.5 Å². The van der Waals surface area contributed by atoms with E-state index in [1.165, 1.54) is 10.9 Å². The van der Waals surface area contributed by atoms with Gasteiger partial charge in [0.1, 0.15) is 5.69 Å². The van der Waals surface area contributed by atoms with E-state index in [2.05, 4.69) is 10.4 Å². The third kappa shape index (κ3) is 3.43. The van der Waals surface area contributed by atoms with E-state index in [0.29, 0.717) is 16.6 Å². The number of anilines is 1. The van der Waals surface area contributed by atoms with Gasteiger partial charge in [0, 0.05) is 18.9 Å². The average molecular weight is 403 g/mol. The molecule has 0 spiro atoms. The van der Waals surface area contributed by atoms with Crippen LogP contribution < -0.4 is 16.3 Å². The highest BCUT2D eigenvalue weighted by Crippen LogP contribution is 2.14. The molecule has 0 fully saturated rings. The molecule has 8 heteroatoms. The number of carbonyl (C=O) groups excluding carboxylic acids is 1. The van der Waals surface area contributed by atoms with Crippen LogP contribution in [0.5, 0.6) is 0 Å². The molecule has 0 aliphatic rings. The van der Waals surface area contributed by atoms with E-state index >= 15 is 0 Å². The number of para-hydroxylation sites is 2. The third-order valence-corrected chi connectivity index (χ3v) is 5.13. The van der Waals surface area contributed by atoms with E-state index in [4.69, 9.17) is 0 Å². The van der Waals surface area contributed by atoms with Gasteiger partial charge in [-0.25, -0.2) is 4.68 Å². The van der Waals surface area contributed by atoms with Crippen molar-refractivity contribution < 1.29 is 4.79 Å². The van der Waals surface area contributed by atoms with E-state index in [1.54, 1.807) is 41.5 Å². The number of aryl methyl sites for hydroxylation is 1. The highest BCUT2D eigenvalue weighted by molar-refractivity contribution is 5.91. The summed E-state index contributed by atoms with van der Waals surface area (Å²) in [4.78, 5) is 37.4. The summed E-state index contributed by atoms with van der Waals surface area (Å²) in [6, 6.07) is 16.4. The van der Waals surface area contributed by atoms with Crippen LogP contribution in [0.25, 0.3) is 16.6 Å². The lowest BCUT2D eigenvalue weighted by atomic mass is 10.2. The van der Waals surface area contributed by atoms with E-state index < -0.39 is 0 Å². The first-order valence-electron chi connectivity index (χ1n) is 9.56. The summed E-state index contributed by atoms with van der Waals surface area (Å²) in [6.07, 6.45) is 1.36. The first kappa shape index (κ1) is 19.4. The predicted octanol–water partition coefficient (Wildman–Crippen LogP) is 2.22. The number of benzene rings is 2. The molecule has 152 valence electrons. The zero-order valence-electron chi connectivity index (χ0n) is 16.7. The minimum Gasteiger partial charge on any atom is -0.320 e. The quantitative estimate of drug-likeness (QED) is 0.553. The zero-order valence-corrected chi connectivity index (χ0v) is 16.7. The number of nitrogens with one attached hydrogen (secondary N) is 1. The molecular weight excluding hydrogens is 382 g/mol. The lowest BCUT2D eigenvalue weighted by Crippen LogP contribution is -2.23. The van der Waals surface area contributed by atoms with E-state index in [0.717, 1.165) is 5.69 Å². The fourth-order valence-corrected chi connectivity index (χ4v) is 3.46. The van der Waals surface area contributed by atoms with Gasteiger partial charge in [0.05, 0.1) is 29.6 Å². The molecule has 2 heterocycles. The van der Waals surface area contributed by atoms with Crippen molar-refractivity contribution in [2.45, 2.75) is 19.9 Å². The van der Waals surface area contributed by atoms with Gasteiger partial charge in [-0.15, -0.1) is 0 Å². The number of hydrogen-bond donors (Lipinski definition) is 1. The predicted molar refractivity (Wildman–Crippen MR) is 115 cm³/mol. The molecule has 8 nitrogen and oxygen atoms in total. The summed E-state index contributed by atoms with van der Waals surface area (Å²) in [5.74, 6) is -0.300. The van der Waals surface area contributed by atoms with Crippen LogP contribution in [0.15, 0.2) is 70.4 Å². The van der Waals surface area contributed by atoms with Crippen molar-refractivity contribution in [3.8, 4) is 5.69 Å². The van der Waals surface area contributed by atoms with Crippen molar-refractivity contribution in [1.82, 2.24) is 19.1 Å². The lowest BCUT2D eigenvalue weighted by Gasteiger charge is -2.09. The molecule has 0 radical (unpaired) electrons. The molecule has 1 amide bonds. The Balaban J connectivity index is 1.55. The minimum absolute atomic E-state index is 0.110. The summed E-state index contributed by atoms with van der Waals surface area (Å²) in [5.41, 5.74) is 1.85. The Bertz CT molecular complexity index is 1350. The van der Waals surface area contributed by atoms with Gasteiger partial charge < -0.3 is 5.32 Å². The SMILES string of the molecule is Cc1c(NC(=O)CCn2ncc(=O)c3ccccc32)c(=O)n(-c2ccccc2)n1C. The van der Waals surface area contributed by atoms with Crippen LogP contribution >= 0.6 is 0 Å². The standard InChI is InChI=1S/C22H21N5O3/c1-15-21(22(30)27(25(15)2)16-8-4-3-5-9-16)24-20(29)12-13-26-18-11-7-6-10-17(18)19(28)14-23-26/h3-11,14H,12-13H2,1-2H3,(H,24,29). The van der Waals surface area contributed by atoms with Crippen molar-refractivity contribution >= 4 is 22.5 Å². The van der Waals surface area contributed by atoms with Crippen molar-refractivity contribution in [2.24, 2.45) is 7.05 Å². The Labute approximate surface area is 172 Å². The maximum Gasteiger partial charge on any atom is 0.295 e. The number of amides is 1. The second kappa shape index (κ2) is 7.82. The van der Waals surface area contributed by atoms with Gasteiger partial charge >= 0.3 is 0 Å². The molecule has 0 saturated heterocycles. The van der Waals surface area contributed by atoms with Crippen LogP contribution in [0, 0.1) is 6.92 Å². The second-order valence-electron chi connectivity index (χ2n) is 6.98. The van der Waals surface area contributed by atoms with Crippen molar-refractivity contribution in [1.29, 1.82) is 0 Å². The van der Waals surface area contributed by atoms with Crippen LogP contribution in [0.3, 0.4) is 0 Å². The fraction of sp³-hybridized carbons (Fsp3) is 0.182. The number of rotatable bonds is 5. The van der Waals surface area contributed by atoms with Crippen molar-refractivity contribution in [3.63, 3.8) is 0 Å². The van der Waals surface area contributed by atoms with Crippen LogP contribution in [0.2, 0.25) is 0 Å². The van der Waals surface area contributed by atoms with Gasteiger partial charge in [0.2, 0.25) is 11.3 Å². The van der Waals surface area contributed by atoms with Crippen molar-refractivity contribution in [3.05, 3.63) is 87.1 Å². The molecule has 0 atom stereocenters. The Morgan fingerprint density at radius 3 is 2.50 bits per heavy atom. The summed E-state index contributed by atoms with van der Waals surface area (Å²) in [7, 11) is 1.77. The molecule has 0 bridgehead atoms. The van der Waals surface area contributed by atoms with Crippen LogP contribution in [-0.4, -0.2) is 25.1 Å². The minimum atomic E-state index is -0.300. The lowest BCUT2D eigenvalue weighted by molar-refractivity contribution is -0.116. The van der Waals surface area contributed by atoms with Crippen molar-refractivity contribution in [2.75, 3.05) is 5.32 Å². The molecule has 4 rings (SSSR count). The topological polar surface area (TPSA) is 90.9 Å². The summed E-state index contributed by atoms with van der Waals surface area (Å²) in [5, 5.41) is 7.43. The maximum atomic E-state index is 12.9. The first-order valence-corrected chi connectivity index (χ1v) is 9.56. The molecule has 1 N–H and O–H groups in total. The van der Waals surface area contributed by atoms with Gasteiger partial charge in [0.15, 0.2) is 0 Å². The molecule has 30 heavy (non-hydrogen) atoms. The number of nitrogens with zero attached hydrogens (tertiary/aromatic N) is 4. The largest absolute Gasteiger partial charge is 0.320 e. The molecule has 2 aromatic carbocycles. The number of aromatic nitrogens is 4. The molecular formula is C22H21N5O3. The molecule has 0 aliphatic heterocycles. The summed E-state index contributed by atoms with van der Waals surface area (Å²) in [6.45, 7) is 2.07. The Morgan fingerprint density at radius 2 is 1.73 bits per heavy atom. The number of hydrogen-bond acceptors (Lipinski definition) is 4. The van der Waals surface area contributed by atoms with Gasteiger partial charge in [-0.3, -0.25) is 23.7 Å². The second-order valence-corrected chi connectivity index (χ2v) is 6.98. The van der Waals surface area contributed by atoms with Gasteiger partial charge in [0.25, 0.3) is 5.56 Å². The molecule has 0 saturated carbocycles. The van der Waals surface area contributed by atoms with Crippen LogP contribution in [-0.2, 0) is 18.4 Å². The van der Waals surface area contributed by atoms with E-state index in [9.17, 15) is 14.4 Å². The molecule has 4 aromatic rings. The highest BCUT2D eigenvalue weighted by atomic mass is 16.2. The van der Waals surface area contributed by atoms with E-state index in [1.807, 2.05) is 36.4 Å². The Morgan fingerprint density at radius 1 is 1.03 bits per heavy atom. The smallest absolute Gasteiger partial charge is 0.295 e. The maximum absolute atomic E-state index is 12.9. The monoisotopic (exact) mass is 403 g/mol. The zero-order chi connectivity index (χ0) is 21.3. The van der Waals surface area contributed by atoms with Gasteiger partial charge in [-0.2, -0.15) is 5.10 Å². The van der Waals surface area contributed by atoms with Gasteiger partial charge in [-0.1, -0.05) is 30.3 Å². The summed E-state index contributed by atoms with van der Waals surface area (Å²) >= 11 is 0. The Kier molecular flexibility index (Phi) is 5.05. The number of fused-ring (bicyclic) bond motifs is 1. The highest BCUT2D eigenvalue weighted by Gasteiger charge is 2.18. The number of carbonyl (C=O) groups is 1. The average Bonchev–Trinajstić information content (AvgIpc) is 2.97. The Hall–Kier alpha value is -3.94. The fourth-order valence-electron chi connectivity index (χ4n) is 3.46. The molecule has 0 aliphatic carbocycles. The molecule has 0 unspecified atom stereocenters. The van der Waals surface area contributed by atoms with Gasteiger partial charge in [-0.05, 0) is 31.2 Å². The third-order valence-electron chi connectivity index (χ3n) is 5.13. The van der Waals surface area contributed by atoms with Crippen LogP contribution in [0.1, 0.15) is 12.1 Å². The first-order chi connectivity index (χ1) is 14.5.